The molecule has 1 unspecified atom stereocenters. The fourth-order valence-electron chi connectivity index (χ4n) is 1.75. The summed E-state index contributed by atoms with van der Waals surface area (Å²) in [5, 5.41) is 3.12. The monoisotopic (exact) mass is 284 g/mol. The SMILES string of the molecule is CC(C)NC(=O)c1cnc(OC2CCOC2)c(Cl)c1. The molecule has 0 radical (unpaired) electrons. The van der Waals surface area contributed by atoms with Gasteiger partial charge in [-0.1, -0.05) is 11.6 Å². The number of hydrogen-bond acceptors (Lipinski definition) is 4. The molecule has 2 heterocycles. The number of halogens is 1. The molecule has 1 atom stereocenters. The number of amides is 1. The fraction of sp³-hybridized carbons (Fsp3) is 0.538. The molecule has 1 saturated heterocycles. The molecule has 0 saturated carbocycles. The Morgan fingerprint density at radius 3 is 3.00 bits per heavy atom. The van der Waals surface area contributed by atoms with Gasteiger partial charge in [-0.3, -0.25) is 4.79 Å². The van der Waals surface area contributed by atoms with Crippen molar-refractivity contribution in [2.45, 2.75) is 32.4 Å². The lowest BCUT2D eigenvalue weighted by Crippen LogP contribution is -2.30. The first-order valence-electron chi connectivity index (χ1n) is 6.27. The number of pyridine rings is 1. The van der Waals surface area contributed by atoms with Crippen LogP contribution in [0, 0.1) is 0 Å². The molecule has 1 aliphatic heterocycles. The third-order valence-corrected chi connectivity index (χ3v) is 2.93. The zero-order valence-corrected chi connectivity index (χ0v) is 11.7. The molecule has 5 nitrogen and oxygen atoms in total. The summed E-state index contributed by atoms with van der Waals surface area (Å²) in [5.74, 6) is 0.151. The Hall–Kier alpha value is -1.33. The summed E-state index contributed by atoms with van der Waals surface area (Å²) >= 11 is 6.08. The van der Waals surface area contributed by atoms with Crippen molar-refractivity contribution in [3.63, 3.8) is 0 Å². The Bertz CT molecular complexity index is 459. The quantitative estimate of drug-likeness (QED) is 0.919. The highest BCUT2D eigenvalue weighted by molar-refractivity contribution is 6.32. The summed E-state index contributed by atoms with van der Waals surface area (Å²) in [6, 6.07) is 1.63. The van der Waals surface area contributed by atoms with E-state index in [-0.39, 0.29) is 18.1 Å². The minimum atomic E-state index is -0.194. The molecular weight excluding hydrogens is 268 g/mol. The van der Waals surface area contributed by atoms with Crippen LogP contribution < -0.4 is 10.1 Å². The fourth-order valence-corrected chi connectivity index (χ4v) is 1.96. The third kappa shape index (κ3) is 3.81. The lowest BCUT2D eigenvalue weighted by atomic mass is 10.2. The first-order chi connectivity index (χ1) is 9.06. The molecule has 19 heavy (non-hydrogen) atoms. The Balaban J connectivity index is 2.05. The maximum absolute atomic E-state index is 11.8. The van der Waals surface area contributed by atoms with Crippen molar-refractivity contribution >= 4 is 17.5 Å². The van der Waals surface area contributed by atoms with Gasteiger partial charge in [0.2, 0.25) is 5.88 Å². The van der Waals surface area contributed by atoms with E-state index in [0.29, 0.717) is 29.7 Å². The van der Waals surface area contributed by atoms with Gasteiger partial charge < -0.3 is 14.8 Å². The molecular formula is C13H17ClN2O3. The van der Waals surface area contributed by atoms with Crippen molar-refractivity contribution in [1.82, 2.24) is 10.3 Å². The van der Waals surface area contributed by atoms with E-state index in [0.717, 1.165) is 6.42 Å². The van der Waals surface area contributed by atoms with Crippen molar-refractivity contribution < 1.29 is 14.3 Å². The number of nitrogens with zero attached hydrogens (tertiary/aromatic N) is 1. The van der Waals surface area contributed by atoms with Gasteiger partial charge in [-0.15, -0.1) is 0 Å². The second kappa shape index (κ2) is 6.21. The smallest absolute Gasteiger partial charge is 0.253 e. The topological polar surface area (TPSA) is 60.5 Å². The van der Waals surface area contributed by atoms with Crippen LogP contribution >= 0.6 is 11.6 Å². The van der Waals surface area contributed by atoms with Crippen LogP contribution in [0.3, 0.4) is 0 Å². The zero-order valence-electron chi connectivity index (χ0n) is 11.0. The molecule has 0 aromatic carbocycles. The highest BCUT2D eigenvalue weighted by Crippen LogP contribution is 2.25. The maximum Gasteiger partial charge on any atom is 0.253 e. The summed E-state index contributed by atoms with van der Waals surface area (Å²) in [7, 11) is 0. The lowest BCUT2D eigenvalue weighted by Gasteiger charge is -2.13. The molecule has 2 rings (SSSR count). The molecule has 6 heteroatoms. The molecule has 0 spiro atoms. The first-order valence-corrected chi connectivity index (χ1v) is 6.65. The molecule has 1 aliphatic rings. The van der Waals surface area contributed by atoms with Gasteiger partial charge in [0.25, 0.3) is 5.91 Å². The minimum absolute atomic E-state index is 0.0136. The van der Waals surface area contributed by atoms with Crippen LogP contribution in [-0.2, 0) is 4.74 Å². The van der Waals surface area contributed by atoms with Crippen LogP contribution in [0.4, 0.5) is 0 Å². The average molecular weight is 285 g/mol. The Labute approximate surface area is 117 Å². The van der Waals surface area contributed by atoms with Gasteiger partial charge in [0, 0.05) is 18.7 Å². The van der Waals surface area contributed by atoms with Gasteiger partial charge in [0.1, 0.15) is 11.1 Å². The molecule has 1 N–H and O–H groups in total. The second-order valence-electron chi connectivity index (χ2n) is 4.74. The van der Waals surface area contributed by atoms with Gasteiger partial charge in [-0.25, -0.2) is 4.98 Å². The predicted molar refractivity (Wildman–Crippen MR) is 71.7 cm³/mol. The van der Waals surface area contributed by atoms with E-state index in [4.69, 9.17) is 21.1 Å². The van der Waals surface area contributed by atoms with E-state index in [2.05, 4.69) is 10.3 Å². The minimum Gasteiger partial charge on any atom is -0.471 e. The average Bonchev–Trinajstić information content (AvgIpc) is 2.83. The standard InChI is InChI=1S/C13H17ClN2O3/c1-8(2)16-12(17)9-5-11(14)13(15-6-9)19-10-3-4-18-7-10/h5-6,8,10H,3-4,7H2,1-2H3,(H,16,17). The van der Waals surface area contributed by atoms with E-state index >= 15 is 0 Å². The maximum atomic E-state index is 11.8. The van der Waals surface area contributed by atoms with Crippen molar-refractivity contribution in [3.8, 4) is 5.88 Å². The van der Waals surface area contributed by atoms with E-state index in [1.807, 2.05) is 13.8 Å². The summed E-state index contributed by atoms with van der Waals surface area (Å²) in [6.07, 6.45) is 2.28. The molecule has 0 aliphatic carbocycles. The molecule has 1 aromatic heterocycles. The van der Waals surface area contributed by atoms with Crippen LogP contribution in [0.25, 0.3) is 0 Å². The van der Waals surface area contributed by atoms with Crippen molar-refractivity contribution in [2.75, 3.05) is 13.2 Å². The summed E-state index contributed by atoms with van der Waals surface area (Å²) in [5.41, 5.74) is 0.425. The molecule has 0 bridgehead atoms. The second-order valence-corrected chi connectivity index (χ2v) is 5.15. The largest absolute Gasteiger partial charge is 0.471 e. The predicted octanol–water partition coefficient (Wildman–Crippen LogP) is 2.04. The third-order valence-electron chi connectivity index (χ3n) is 2.66. The van der Waals surface area contributed by atoms with Gasteiger partial charge in [-0.05, 0) is 19.9 Å². The highest BCUT2D eigenvalue weighted by Gasteiger charge is 2.20. The van der Waals surface area contributed by atoms with Gasteiger partial charge in [0.15, 0.2) is 0 Å². The molecule has 1 fully saturated rings. The number of carbonyl (C=O) groups is 1. The Morgan fingerprint density at radius 1 is 1.63 bits per heavy atom. The Kier molecular flexibility index (Phi) is 4.61. The van der Waals surface area contributed by atoms with Gasteiger partial charge in [0.05, 0.1) is 18.8 Å². The van der Waals surface area contributed by atoms with Crippen LogP contribution in [0.5, 0.6) is 5.88 Å². The van der Waals surface area contributed by atoms with Crippen LogP contribution in [0.2, 0.25) is 5.02 Å². The van der Waals surface area contributed by atoms with Crippen molar-refractivity contribution in [1.29, 1.82) is 0 Å². The summed E-state index contributed by atoms with van der Waals surface area (Å²) in [4.78, 5) is 15.9. The highest BCUT2D eigenvalue weighted by atomic mass is 35.5. The van der Waals surface area contributed by atoms with E-state index in [1.54, 1.807) is 6.07 Å². The number of ether oxygens (including phenoxy) is 2. The Morgan fingerprint density at radius 2 is 2.42 bits per heavy atom. The number of aromatic nitrogens is 1. The van der Waals surface area contributed by atoms with E-state index in [1.165, 1.54) is 6.20 Å². The van der Waals surface area contributed by atoms with Crippen LogP contribution in [-0.4, -0.2) is 36.3 Å². The van der Waals surface area contributed by atoms with Crippen molar-refractivity contribution in [2.24, 2.45) is 0 Å². The van der Waals surface area contributed by atoms with Crippen LogP contribution in [0.1, 0.15) is 30.6 Å². The number of hydrogen-bond donors (Lipinski definition) is 1. The van der Waals surface area contributed by atoms with E-state index in [9.17, 15) is 4.79 Å². The summed E-state index contributed by atoms with van der Waals surface area (Å²) in [6.45, 7) is 5.03. The number of rotatable bonds is 4. The summed E-state index contributed by atoms with van der Waals surface area (Å²) < 4.78 is 10.8. The molecule has 104 valence electrons. The number of carbonyl (C=O) groups excluding carboxylic acids is 1. The number of nitrogens with one attached hydrogen (secondary N) is 1. The zero-order chi connectivity index (χ0) is 13.8. The normalized spacial score (nSPS) is 18.6. The van der Waals surface area contributed by atoms with Gasteiger partial charge in [-0.2, -0.15) is 0 Å². The van der Waals surface area contributed by atoms with Crippen LogP contribution in [0.15, 0.2) is 12.3 Å². The molecule has 1 aromatic rings. The first kappa shape index (κ1) is 14.1. The lowest BCUT2D eigenvalue weighted by molar-refractivity contribution is 0.0942. The van der Waals surface area contributed by atoms with Gasteiger partial charge >= 0.3 is 0 Å². The van der Waals surface area contributed by atoms with E-state index < -0.39 is 0 Å². The van der Waals surface area contributed by atoms with Crippen molar-refractivity contribution in [3.05, 3.63) is 22.8 Å². The molecule has 1 amide bonds.